The highest BCUT2D eigenvalue weighted by molar-refractivity contribution is 5.70. The van der Waals surface area contributed by atoms with E-state index in [0.717, 1.165) is 96.3 Å². The second kappa shape index (κ2) is 38.1. The van der Waals surface area contributed by atoms with Crippen LogP contribution in [0.25, 0.3) is 0 Å². The molecule has 0 radical (unpaired) electrons. The van der Waals surface area contributed by atoms with Gasteiger partial charge in [-0.25, -0.2) is 0 Å². The van der Waals surface area contributed by atoms with Crippen LogP contribution < -0.4 is 0 Å². The molecule has 2 heterocycles. The molecule has 380 valence electrons. The van der Waals surface area contributed by atoms with E-state index in [-0.39, 0.29) is 19.4 Å². The Labute approximate surface area is 394 Å². The van der Waals surface area contributed by atoms with Gasteiger partial charge < -0.3 is 64.2 Å². The second-order valence-corrected chi connectivity index (χ2v) is 17.3. The largest absolute Gasteiger partial charge is 0.462 e. The van der Waals surface area contributed by atoms with Gasteiger partial charge in [0.2, 0.25) is 0 Å². The monoisotopic (exact) mass is 939 g/mol. The number of esters is 2. The summed E-state index contributed by atoms with van der Waals surface area (Å²) in [5.74, 6) is -0.966. The van der Waals surface area contributed by atoms with Crippen LogP contribution in [0.2, 0.25) is 0 Å². The summed E-state index contributed by atoms with van der Waals surface area (Å²) in [6.45, 7) is 2.40. The molecule has 0 aromatic rings. The minimum Gasteiger partial charge on any atom is -0.462 e. The van der Waals surface area contributed by atoms with Crippen LogP contribution in [0.3, 0.4) is 0 Å². The molecule has 15 nitrogen and oxygen atoms in total. The van der Waals surface area contributed by atoms with Crippen LogP contribution in [-0.4, -0.2) is 142 Å². The molecule has 2 saturated heterocycles. The van der Waals surface area contributed by atoms with Crippen LogP contribution in [0.1, 0.15) is 155 Å². The lowest BCUT2D eigenvalue weighted by Gasteiger charge is -2.42. The van der Waals surface area contributed by atoms with E-state index in [1.54, 1.807) is 0 Å². The van der Waals surface area contributed by atoms with E-state index in [9.17, 15) is 45.3 Å². The zero-order valence-electron chi connectivity index (χ0n) is 39.9. The van der Waals surface area contributed by atoms with Crippen molar-refractivity contribution < 1.29 is 73.8 Å². The Hall–Kier alpha value is -2.80. The highest BCUT2D eigenvalue weighted by Gasteiger charge is 2.47. The summed E-state index contributed by atoms with van der Waals surface area (Å²) in [4.78, 5) is 25.7. The first kappa shape index (κ1) is 59.3. The van der Waals surface area contributed by atoms with E-state index < -0.39 is 99.3 Å². The summed E-state index contributed by atoms with van der Waals surface area (Å²) in [5, 5.41) is 72.0. The van der Waals surface area contributed by atoms with Gasteiger partial charge in [-0.1, -0.05) is 126 Å². The number of hydrogen-bond acceptors (Lipinski definition) is 15. The standard InChI is InChI=1S/C51H86O15/c1-3-5-7-9-11-13-15-17-19-21-23-25-27-29-31-33-42(53)61-36-39(64-43(54)34-32-30-28-26-24-22-20-18-16-14-12-10-8-6-4-2)37-62-50-49(60)47(58)45(56)41(66-50)38-63-51-48(59)46(57)44(55)40(35-52)65-51/h5,7,11-14,17-20,39-41,44-52,55-60H,3-4,6,8-10,15-16,21-38H2,1-2H3/b7-5-,13-11-,14-12-,19-17-,20-18-/t39-,40-,41-,44+,45+,46+,47+,48-,49-,50-,51+/m1/s1. The molecule has 2 fully saturated rings. The first-order chi connectivity index (χ1) is 32.0. The maximum atomic E-state index is 13.0. The number of hydrogen-bond donors (Lipinski definition) is 7. The Morgan fingerprint density at radius 2 is 0.955 bits per heavy atom. The van der Waals surface area contributed by atoms with E-state index in [1.807, 2.05) is 0 Å². The lowest BCUT2D eigenvalue weighted by molar-refractivity contribution is -0.332. The fourth-order valence-electron chi connectivity index (χ4n) is 7.38. The lowest BCUT2D eigenvalue weighted by atomic mass is 9.98. The molecule has 2 aliphatic heterocycles. The van der Waals surface area contributed by atoms with E-state index in [4.69, 9.17) is 28.4 Å². The molecule has 0 aromatic carbocycles. The van der Waals surface area contributed by atoms with Crippen LogP contribution in [-0.2, 0) is 38.0 Å². The van der Waals surface area contributed by atoms with Crippen LogP contribution in [0.5, 0.6) is 0 Å². The maximum Gasteiger partial charge on any atom is 0.306 e. The molecule has 7 N–H and O–H groups in total. The van der Waals surface area contributed by atoms with Gasteiger partial charge in [-0.15, -0.1) is 0 Å². The van der Waals surface area contributed by atoms with Gasteiger partial charge in [0.05, 0.1) is 19.8 Å². The highest BCUT2D eigenvalue weighted by atomic mass is 16.7. The average molecular weight is 939 g/mol. The van der Waals surface area contributed by atoms with Gasteiger partial charge in [-0.05, 0) is 77.0 Å². The van der Waals surface area contributed by atoms with Gasteiger partial charge in [0, 0.05) is 12.8 Å². The average Bonchev–Trinajstić information content (AvgIpc) is 3.31. The minimum absolute atomic E-state index is 0.142. The summed E-state index contributed by atoms with van der Waals surface area (Å²) in [5.41, 5.74) is 0. The number of allylic oxidation sites excluding steroid dienone is 10. The van der Waals surface area contributed by atoms with Gasteiger partial charge in [0.15, 0.2) is 18.7 Å². The second-order valence-electron chi connectivity index (χ2n) is 17.3. The minimum atomic E-state index is -1.77. The smallest absolute Gasteiger partial charge is 0.306 e. The number of unbranched alkanes of at least 4 members (excludes halogenated alkanes) is 13. The van der Waals surface area contributed by atoms with Crippen molar-refractivity contribution in [2.24, 2.45) is 0 Å². The first-order valence-electron chi connectivity index (χ1n) is 24.9. The number of aliphatic hydroxyl groups is 7. The van der Waals surface area contributed by atoms with Gasteiger partial charge in [-0.3, -0.25) is 9.59 Å². The molecular formula is C51H86O15. The maximum absolute atomic E-state index is 13.0. The summed E-state index contributed by atoms with van der Waals surface area (Å²) < 4.78 is 33.5. The van der Waals surface area contributed by atoms with Crippen LogP contribution in [0.15, 0.2) is 60.8 Å². The molecule has 2 aliphatic rings. The molecule has 0 amide bonds. The van der Waals surface area contributed by atoms with E-state index in [1.165, 1.54) is 19.3 Å². The van der Waals surface area contributed by atoms with E-state index in [0.29, 0.717) is 12.8 Å². The SMILES string of the molecule is CC/C=C\C/C=C\C/C=C\CCCCCCCC(=O)OC[C@H](CO[C@@H]1O[C@H](CO[C@H]2O[C@H](CO)[C@H](O)[C@H](O)[C@H]2O)[C@H](O)[C@H](O)[C@H]1O)OC(=O)CCCCCCC/C=C\C/C=C\CCCCC. The van der Waals surface area contributed by atoms with Gasteiger partial charge in [0.25, 0.3) is 0 Å². The van der Waals surface area contributed by atoms with Crippen LogP contribution in [0, 0.1) is 0 Å². The summed E-state index contributed by atoms with van der Waals surface area (Å²) >= 11 is 0. The molecule has 0 unspecified atom stereocenters. The van der Waals surface area contributed by atoms with E-state index >= 15 is 0 Å². The lowest BCUT2D eigenvalue weighted by Crippen LogP contribution is -2.61. The number of rotatable bonds is 37. The summed E-state index contributed by atoms with van der Waals surface area (Å²) in [6, 6.07) is 0. The normalized spacial score (nSPS) is 26.7. The third-order valence-corrected chi connectivity index (χ3v) is 11.5. The Morgan fingerprint density at radius 3 is 1.50 bits per heavy atom. The topological polar surface area (TPSA) is 231 Å². The molecule has 0 aliphatic carbocycles. The molecule has 2 rings (SSSR count). The number of carbonyl (C=O) groups is 2. The predicted octanol–water partition coefficient (Wildman–Crippen LogP) is 6.49. The molecule has 0 saturated carbocycles. The fourth-order valence-corrected chi connectivity index (χ4v) is 7.38. The van der Waals surface area contributed by atoms with Crippen molar-refractivity contribution in [3.05, 3.63) is 60.8 Å². The molecule has 15 heteroatoms. The first-order valence-corrected chi connectivity index (χ1v) is 24.9. The quantitative estimate of drug-likeness (QED) is 0.0201. The summed E-state index contributed by atoms with van der Waals surface area (Å²) in [7, 11) is 0. The van der Waals surface area contributed by atoms with Crippen molar-refractivity contribution in [1.29, 1.82) is 0 Å². The zero-order chi connectivity index (χ0) is 48.2. The molecule has 11 atom stereocenters. The molecule has 0 spiro atoms. The van der Waals surface area contributed by atoms with Crippen molar-refractivity contribution in [1.82, 2.24) is 0 Å². The van der Waals surface area contributed by atoms with Crippen molar-refractivity contribution >= 4 is 11.9 Å². The molecule has 0 bridgehead atoms. The van der Waals surface area contributed by atoms with Crippen LogP contribution in [0.4, 0.5) is 0 Å². The Morgan fingerprint density at radius 1 is 0.500 bits per heavy atom. The van der Waals surface area contributed by atoms with Crippen molar-refractivity contribution in [2.75, 3.05) is 26.4 Å². The Balaban J connectivity index is 1.84. The van der Waals surface area contributed by atoms with Crippen molar-refractivity contribution in [3.63, 3.8) is 0 Å². The summed E-state index contributed by atoms with van der Waals surface area (Å²) in [6.07, 6.45) is 25.3. The van der Waals surface area contributed by atoms with Gasteiger partial charge in [-0.2, -0.15) is 0 Å². The highest BCUT2D eigenvalue weighted by Crippen LogP contribution is 2.26. The molecule has 66 heavy (non-hydrogen) atoms. The molecular weight excluding hydrogens is 853 g/mol. The van der Waals surface area contributed by atoms with E-state index in [2.05, 4.69) is 74.6 Å². The fraction of sp³-hybridized carbons (Fsp3) is 0.765. The molecule has 0 aromatic heterocycles. The third kappa shape index (κ3) is 26.1. The van der Waals surface area contributed by atoms with Crippen molar-refractivity contribution in [2.45, 2.75) is 223 Å². The Bertz CT molecular complexity index is 1380. The van der Waals surface area contributed by atoms with Crippen molar-refractivity contribution in [3.8, 4) is 0 Å². The Kier molecular flexibility index (Phi) is 34.2. The predicted molar refractivity (Wildman–Crippen MR) is 252 cm³/mol. The number of ether oxygens (including phenoxy) is 6. The van der Waals surface area contributed by atoms with Gasteiger partial charge in [0.1, 0.15) is 55.4 Å². The van der Waals surface area contributed by atoms with Gasteiger partial charge >= 0.3 is 11.9 Å². The third-order valence-electron chi connectivity index (χ3n) is 11.5. The zero-order valence-corrected chi connectivity index (χ0v) is 39.9. The number of aliphatic hydroxyl groups excluding tert-OH is 7. The number of carbonyl (C=O) groups excluding carboxylic acids is 2. The van der Waals surface area contributed by atoms with Crippen LogP contribution >= 0.6 is 0 Å².